The highest BCUT2D eigenvalue weighted by atomic mass is 32.1. The van der Waals surface area contributed by atoms with E-state index >= 15 is 0 Å². The second kappa shape index (κ2) is 9.96. The van der Waals surface area contributed by atoms with Gasteiger partial charge in [0.15, 0.2) is 5.78 Å². The van der Waals surface area contributed by atoms with E-state index < -0.39 is 0 Å². The number of carbonyl (C=O) groups is 1. The van der Waals surface area contributed by atoms with Gasteiger partial charge in [0.05, 0.1) is 16.3 Å². The maximum Gasteiger partial charge on any atom is 0.268 e. The van der Waals surface area contributed by atoms with Gasteiger partial charge in [-0.1, -0.05) is 13.2 Å². The summed E-state index contributed by atoms with van der Waals surface area (Å²) >= 11 is 1.32. The zero-order valence-corrected chi connectivity index (χ0v) is 22.8. The zero-order chi connectivity index (χ0) is 28.0. The first kappa shape index (κ1) is 26.1. The van der Waals surface area contributed by atoms with Crippen LogP contribution in [0.25, 0.3) is 44.1 Å². The number of fused-ring (bicyclic) bond motifs is 1. The van der Waals surface area contributed by atoms with Gasteiger partial charge in [0.1, 0.15) is 27.8 Å². The normalized spacial score (nSPS) is 11.1. The van der Waals surface area contributed by atoms with Crippen LogP contribution in [-0.4, -0.2) is 20.3 Å². The van der Waals surface area contributed by atoms with Crippen LogP contribution >= 0.6 is 11.3 Å². The number of thiophene rings is 1. The van der Waals surface area contributed by atoms with E-state index in [0.29, 0.717) is 60.9 Å². The fourth-order valence-electron chi connectivity index (χ4n) is 4.61. The summed E-state index contributed by atoms with van der Waals surface area (Å²) in [5.41, 5.74) is 4.39. The van der Waals surface area contributed by atoms with E-state index in [1.807, 2.05) is 6.07 Å². The van der Waals surface area contributed by atoms with Crippen LogP contribution in [0.3, 0.4) is 0 Å². The number of nitrogens with zero attached hydrogens (tertiary/aromatic N) is 2. The average molecular weight is 540 g/mol. The number of carbonyl (C=O) groups excluding carboxylic acids is 1. The Morgan fingerprint density at radius 2 is 1.82 bits per heavy atom. The Morgan fingerprint density at radius 1 is 1.10 bits per heavy atom. The lowest BCUT2D eigenvalue weighted by Gasteiger charge is -2.17. The Kier molecular flexibility index (Phi) is 6.66. The summed E-state index contributed by atoms with van der Waals surface area (Å²) in [4.78, 5) is 34.2. The van der Waals surface area contributed by atoms with Gasteiger partial charge in [0, 0.05) is 35.3 Å². The fourth-order valence-corrected chi connectivity index (χ4v) is 5.71. The van der Waals surface area contributed by atoms with Crippen molar-refractivity contribution in [3.05, 3.63) is 100 Å². The third-order valence-electron chi connectivity index (χ3n) is 6.57. The van der Waals surface area contributed by atoms with E-state index in [2.05, 4.69) is 23.1 Å². The smallest absolute Gasteiger partial charge is 0.268 e. The highest BCUT2D eigenvalue weighted by Crippen LogP contribution is 2.42. The van der Waals surface area contributed by atoms with Crippen molar-refractivity contribution in [2.24, 2.45) is 7.05 Å². The molecule has 0 saturated carbocycles. The molecule has 0 aliphatic carbocycles. The van der Waals surface area contributed by atoms with E-state index in [9.17, 15) is 14.0 Å². The number of pyridine rings is 1. The molecule has 196 valence electrons. The van der Waals surface area contributed by atoms with Crippen molar-refractivity contribution in [3.63, 3.8) is 0 Å². The highest BCUT2D eigenvalue weighted by Gasteiger charge is 2.21. The minimum Gasteiger partial charge on any atom is -0.456 e. The predicted molar refractivity (Wildman–Crippen MR) is 156 cm³/mol. The summed E-state index contributed by atoms with van der Waals surface area (Å²) in [5.74, 6) is 1.16. The molecular weight excluding hydrogens is 513 g/mol. The molecule has 6 nitrogen and oxygen atoms in total. The van der Waals surface area contributed by atoms with Crippen LogP contribution in [-0.2, 0) is 7.05 Å². The van der Waals surface area contributed by atoms with Crippen LogP contribution in [0.2, 0.25) is 0 Å². The summed E-state index contributed by atoms with van der Waals surface area (Å²) in [6.45, 7) is 12.7. The number of ether oxygens (including phenoxy) is 1. The molecule has 1 N–H and O–H groups in total. The van der Waals surface area contributed by atoms with Gasteiger partial charge in [0.2, 0.25) is 0 Å². The molecule has 0 bridgehead atoms. The SMILES string of the molecule is C=Cc1nc(-c2cc3c(-c4cc(C(C)=O)ccc4Oc4c(C)cc(F)cc4C)cn(C)c(=O)c3s2)[nH]c1C=C. The van der Waals surface area contributed by atoms with Gasteiger partial charge in [-0.25, -0.2) is 9.37 Å². The third kappa shape index (κ3) is 4.64. The Hall–Kier alpha value is -4.56. The van der Waals surface area contributed by atoms with Crippen LogP contribution in [0.1, 0.15) is 39.8 Å². The molecule has 0 aliphatic heterocycles. The van der Waals surface area contributed by atoms with Crippen LogP contribution in [0.15, 0.2) is 60.5 Å². The number of hydrogen-bond donors (Lipinski definition) is 1. The second-order valence-electron chi connectivity index (χ2n) is 9.34. The Morgan fingerprint density at radius 3 is 2.44 bits per heavy atom. The molecule has 5 aromatic rings. The summed E-state index contributed by atoms with van der Waals surface area (Å²) in [6.07, 6.45) is 5.05. The van der Waals surface area contributed by atoms with Crippen molar-refractivity contribution in [1.29, 1.82) is 0 Å². The number of imidazole rings is 1. The number of hydrogen-bond acceptors (Lipinski definition) is 5. The number of aromatic nitrogens is 3. The molecule has 8 heteroatoms. The predicted octanol–water partition coefficient (Wildman–Crippen LogP) is 7.69. The number of halogens is 1. The maximum absolute atomic E-state index is 14.0. The second-order valence-corrected chi connectivity index (χ2v) is 10.4. The highest BCUT2D eigenvalue weighted by molar-refractivity contribution is 7.22. The molecule has 0 spiro atoms. The van der Waals surface area contributed by atoms with Crippen LogP contribution < -0.4 is 10.3 Å². The number of benzene rings is 2. The van der Waals surface area contributed by atoms with E-state index in [-0.39, 0.29) is 17.2 Å². The number of aryl methyl sites for hydroxylation is 3. The molecule has 0 fully saturated rings. The quantitative estimate of drug-likeness (QED) is 0.215. The van der Waals surface area contributed by atoms with Crippen molar-refractivity contribution in [3.8, 4) is 33.3 Å². The van der Waals surface area contributed by atoms with Gasteiger partial charge in [-0.15, -0.1) is 11.3 Å². The first-order chi connectivity index (χ1) is 18.6. The number of aromatic amines is 1. The van der Waals surface area contributed by atoms with Gasteiger partial charge in [-0.05, 0) is 80.4 Å². The molecule has 0 unspecified atom stereocenters. The van der Waals surface area contributed by atoms with Crippen molar-refractivity contribution < 1.29 is 13.9 Å². The van der Waals surface area contributed by atoms with Crippen LogP contribution in [0.4, 0.5) is 4.39 Å². The number of Topliss-reactive ketones (excluding diaryl/α,β-unsaturated/α-hetero) is 1. The number of nitrogens with one attached hydrogen (secondary N) is 1. The average Bonchev–Trinajstić information content (AvgIpc) is 3.53. The van der Waals surface area contributed by atoms with E-state index in [1.165, 1.54) is 35.0 Å². The molecule has 0 atom stereocenters. The van der Waals surface area contributed by atoms with Crippen molar-refractivity contribution in [2.45, 2.75) is 20.8 Å². The van der Waals surface area contributed by atoms with Crippen molar-refractivity contribution >= 4 is 39.4 Å². The number of H-pyrrole nitrogens is 1. The summed E-state index contributed by atoms with van der Waals surface area (Å²) < 4.78 is 22.4. The molecule has 0 amide bonds. The molecular formula is C31H26FN3O3S. The minimum absolute atomic E-state index is 0.103. The molecule has 2 aromatic carbocycles. The molecule has 0 radical (unpaired) electrons. The third-order valence-corrected chi connectivity index (χ3v) is 7.69. The van der Waals surface area contributed by atoms with Gasteiger partial charge in [-0.2, -0.15) is 0 Å². The van der Waals surface area contributed by atoms with Crippen LogP contribution in [0.5, 0.6) is 11.5 Å². The lowest BCUT2D eigenvalue weighted by atomic mass is 9.99. The molecule has 0 aliphatic rings. The van der Waals surface area contributed by atoms with Crippen molar-refractivity contribution in [1.82, 2.24) is 14.5 Å². The molecule has 5 rings (SSSR count). The lowest BCUT2D eigenvalue weighted by Crippen LogP contribution is -2.15. The lowest BCUT2D eigenvalue weighted by molar-refractivity contribution is 0.101. The fraction of sp³-hybridized carbons (Fsp3) is 0.129. The maximum atomic E-state index is 14.0. The van der Waals surface area contributed by atoms with E-state index in [1.54, 1.807) is 57.4 Å². The van der Waals surface area contributed by atoms with Gasteiger partial charge >= 0.3 is 0 Å². The number of ketones is 1. The molecule has 3 heterocycles. The van der Waals surface area contributed by atoms with Gasteiger partial charge in [-0.3, -0.25) is 9.59 Å². The first-order valence-corrected chi connectivity index (χ1v) is 13.0. The number of rotatable bonds is 7. The van der Waals surface area contributed by atoms with E-state index in [4.69, 9.17) is 4.74 Å². The molecule has 39 heavy (non-hydrogen) atoms. The summed E-state index contributed by atoms with van der Waals surface area (Å²) in [6, 6.07) is 9.94. The standard InChI is InChI=1S/C31H26FN3O3S/c1-7-24-25(8-2)34-30(33-24)27-14-22-23(15-35(6)31(37)29(22)39-27)21-13-19(18(5)36)9-10-26(21)38-28-16(3)11-20(32)12-17(28)4/h7-15H,1-2H2,3-6H3,(H,33,34). The van der Waals surface area contributed by atoms with Crippen LogP contribution in [0, 0.1) is 19.7 Å². The van der Waals surface area contributed by atoms with Crippen molar-refractivity contribution in [2.75, 3.05) is 0 Å². The monoisotopic (exact) mass is 539 g/mol. The van der Waals surface area contributed by atoms with Gasteiger partial charge in [0.25, 0.3) is 5.56 Å². The minimum atomic E-state index is -0.341. The molecule has 0 saturated heterocycles. The zero-order valence-electron chi connectivity index (χ0n) is 22.0. The summed E-state index contributed by atoms with van der Waals surface area (Å²) in [7, 11) is 1.69. The first-order valence-electron chi connectivity index (χ1n) is 12.2. The topological polar surface area (TPSA) is 77.0 Å². The Bertz CT molecular complexity index is 1830. The largest absolute Gasteiger partial charge is 0.456 e. The van der Waals surface area contributed by atoms with E-state index in [0.717, 1.165) is 10.6 Å². The Balaban J connectivity index is 1.76. The molecule has 3 aromatic heterocycles. The Labute approximate surface area is 228 Å². The summed E-state index contributed by atoms with van der Waals surface area (Å²) in [5, 5.41) is 0.702. The van der Waals surface area contributed by atoms with Gasteiger partial charge < -0.3 is 14.3 Å².